The monoisotopic (exact) mass is 213 g/mol. The fourth-order valence-electron chi connectivity index (χ4n) is 1.12. The summed E-state index contributed by atoms with van der Waals surface area (Å²) >= 11 is 6.94. The van der Waals surface area contributed by atoms with Gasteiger partial charge in [0.2, 0.25) is 5.00 Å². The molecule has 1 aromatic carbocycles. The highest BCUT2D eigenvalue weighted by Crippen LogP contribution is 2.45. The molecule has 1 heterocycles. The van der Waals surface area contributed by atoms with Crippen molar-refractivity contribution in [2.75, 3.05) is 0 Å². The number of thiophene rings is 1. The fraction of sp³-hybridized carbons (Fsp3) is 0. The lowest BCUT2D eigenvalue weighted by atomic mass is 10.2. The van der Waals surface area contributed by atoms with E-state index in [1.807, 2.05) is 0 Å². The highest BCUT2D eigenvalue weighted by atomic mass is 35.5. The zero-order valence-electron chi connectivity index (χ0n) is 6.32. The van der Waals surface area contributed by atoms with E-state index in [1.165, 1.54) is 0 Å². The molecule has 0 unspecified atom stereocenters. The van der Waals surface area contributed by atoms with Crippen LogP contribution in [0.2, 0.25) is 5.02 Å². The predicted octanol–water partition coefficient (Wildman–Crippen LogP) is 3.66. The quantitative estimate of drug-likeness (QED) is 0.735. The van der Waals surface area contributed by atoms with Crippen LogP contribution in [0.3, 0.4) is 0 Å². The molecule has 2 rings (SSSR count). The number of halogens is 1. The van der Waals surface area contributed by atoms with E-state index < -0.39 is 0 Å². The van der Waals surface area contributed by atoms with Crippen molar-refractivity contribution in [3.8, 4) is 5.75 Å². The van der Waals surface area contributed by atoms with E-state index >= 15 is 0 Å². The maximum Gasteiger partial charge on any atom is 0.203 e. The van der Waals surface area contributed by atoms with E-state index in [4.69, 9.17) is 11.6 Å². The van der Waals surface area contributed by atoms with Gasteiger partial charge in [0, 0.05) is 5.39 Å². The van der Waals surface area contributed by atoms with Crippen molar-refractivity contribution < 1.29 is 5.11 Å². The second-order valence-electron chi connectivity index (χ2n) is 2.46. The standard InChI is InChI=1S/C8H4ClNO2S/c9-5-3-1-2-4-6(11)8(10-12)13-7(4)5/h1-3,11H. The Morgan fingerprint density at radius 2 is 2.23 bits per heavy atom. The number of rotatable bonds is 1. The molecule has 5 heteroatoms. The summed E-state index contributed by atoms with van der Waals surface area (Å²) in [5.74, 6) is -0.0856. The largest absolute Gasteiger partial charge is 0.504 e. The molecule has 1 N–H and O–H groups in total. The summed E-state index contributed by atoms with van der Waals surface area (Å²) in [5.41, 5.74) is 0. The lowest BCUT2D eigenvalue weighted by Gasteiger charge is -1.90. The smallest absolute Gasteiger partial charge is 0.203 e. The summed E-state index contributed by atoms with van der Waals surface area (Å²) < 4.78 is 0.691. The molecule has 1 aromatic heterocycles. The van der Waals surface area contributed by atoms with Crippen LogP contribution in [0.15, 0.2) is 23.4 Å². The van der Waals surface area contributed by atoms with Gasteiger partial charge in [-0.15, -0.1) is 16.2 Å². The summed E-state index contributed by atoms with van der Waals surface area (Å²) in [5, 5.41) is 13.3. The molecule has 0 saturated heterocycles. The van der Waals surface area contributed by atoms with Crippen LogP contribution >= 0.6 is 22.9 Å². The summed E-state index contributed by atoms with van der Waals surface area (Å²) in [7, 11) is 0. The second kappa shape index (κ2) is 2.97. The predicted molar refractivity (Wildman–Crippen MR) is 54.0 cm³/mol. The fourth-order valence-corrected chi connectivity index (χ4v) is 2.29. The molecule has 0 bridgehead atoms. The zero-order valence-corrected chi connectivity index (χ0v) is 7.89. The minimum atomic E-state index is -0.0856. The average molecular weight is 214 g/mol. The van der Waals surface area contributed by atoms with Crippen LogP contribution in [0.1, 0.15) is 0 Å². The third-order valence-corrected chi connectivity index (χ3v) is 3.24. The highest BCUT2D eigenvalue weighted by Gasteiger charge is 2.12. The Bertz CT molecular complexity index is 480. The molecule has 0 atom stereocenters. The molecule has 3 nitrogen and oxygen atoms in total. The van der Waals surface area contributed by atoms with E-state index in [2.05, 4.69) is 5.18 Å². The van der Waals surface area contributed by atoms with E-state index in [0.29, 0.717) is 15.1 Å². The molecule has 0 radical (unpaired) electrons. The van der Waals surface area contributed by atoms with Gasteiger partial charge in [0.05, 0.1) is 9.72 Å². The van der Waals surface area contributed by atoms with Crippen LogP contribution in [0, 0.1) is 4.91 Å². The Hall–Kier alpha value is -1.13. The van der Waals surface area contributed by atoms with Gasteiger partial charge in [0.1, 0.15) is 0 Å². The molecule has 0 amide bonds. The van der Waals surface area contributed by atoms with E-state index in [0.717, 1.165) is 11.3 Å². The third kappa shape index (κ3) is 1.18. The molecule has 0 saturated carbocycles. The molecule has 2 aromatic rings. The van der Waals surface area contributed by atoms with Crippen molar-refractivity contribution >= 4 is 38.0 Å². The third-order valence-electron chi connectivity index (χ3n) is 1.71. The number of nitrogens with zero attached hydrogens (tertiary/aromatic N) is 1. The van der Waals surface area contributed by atoms with Gasteiger partial charge in [0.25, 0.3) is 0 Å². The molecule has 13 heavy (non-hydrogen) atoms. The normalized spacial score (nSPS) is 10.5. The molecule has 66 valence electrons. The lowest BCUT2D eigenvalue weighted by molar-refractivity contribution is 0.485. The first-order chi connectivity index (χ1) is 6.24. The van der Waals surface area contributed by atoms with Gasteiger partial charge in [-0.25, -0.2) is 0 Å². The Morgan fingerprint density at radius 1 is 1.46 bits per heavy atom. The topological polar surface area (TPSA) is 49.7 Å². The molecular formula is C8H4ClNO2S. The molecule has 0 fully saturated rings. The highest BCUT2D eigenvalue weighted by molar-refractivity contribution is 7.23. The minimum absolute atomic E-state index is 0.0723. The van der Waals surface area contributed by atoms with Crippen molar-refractivity contribution in [1.82, 2.24) is 0 Å². The summed E-state index contributed by atoms with van der Waals surface area (Å²) in [4.78, 5) is 10.3. The second-order valence-corrected chi connectivity index (χ2v) is 3.87. The van der Waals surface area contributed by atoms with Crippen molar-refractivity contribution in [2.24, 2.45) is 5.18 Å². The molecule has 0 aliphatic rings. The van der Waals surface area contributed by atoms with Gasteiger partial charge in [-0.1, -0.05) is 17.7 Å². The number of hydrogen-bond acceptors (Lipinski definition) is 4. The summed E-state index contributed by atoms with van der Waals surface area (Å²) in [6.45, 7) is 0. The van der Waals surface area contributed by atoms with Crippen molar-refractivity contribution in [1.29, 1.82) is 0 Å². The number of hydrogen-bond donors (Lipinski definition) is 1. The van der Waals surface area contributed by atoms with Crippen molar-refractivity contribution in [3.05, 3.63) is 28.1 Å². The van der Waals surface area contributed by atoms with Crippen LogP contribution in [-0.2, 0) is 0 Å². The number of fused-ring (bicyclic) bond motifs is 1. The van der Waals surface area contributed by atoms with Crippen LogP contribution in [0.25, 0.3) is 10.1 Å². The summed E-state index contributed by atoms with van der Waals surface area (Å²) in [6, 6.07) is 5.11. The first kappa shape index (κ1) is 8.47. The van der Waals surface area contributed by atoms with E-state index in [-0.39, 0.29) is 10.8 Å². The molecule has 0 aliphatic heterocycles. The minimum Gasteiger partial charge on any atom is -0.504 e. The van der Waals surface area contributed by atoms with Crippen LogP contribution in [0.5, 0.6) is 5.75 Å². The first-order valence-corrected chi connectivity index (χ1v) is 4.67. The van der Waals surface area contributed by atoms with Gasteiger partial charge in [-0.3, -0.25) is 0 Å². The molecule has 0 aliphatic carbocycles. The Kier molecular flexibility index (Phi) is 1.94. The lowest BCUT2D eigenvalue weighted by Crippen LogP contribution is -1.64. The van der Waals surface area contributed by atoms with Gasteiger partial charge in [-0.05, 0) is 17.3 Å². The SMILES string of the molecule is O=Nc1sc2c(Cl)cccc2c1O. The van der Waals surface area contributed by atoms with Gasteiger partial charge in [-0.2, -0.15) is 0 Å². The van der Waals surface area contributed by atoms with Crippen LogP contribution in [0.4, 0.5) is 5.00 Å². The first-order valence-electron chi connectivity index (χ1n) is 3.47. The number of benzene rings is 1. The van der Waals surface area contributed by atoms with Crippen molar-refractivity contribution in [3.63, 3.8) is 0 Å². The average Bonchev–Trinajstić information content (AvgIpc) is 2.45. The number of nitroso groups, excluding NO2 is 1. The zero-order chi connectivity index (χ0) is 9.42. The maximum absolute atomic E-state index is 10.3. The van der Waals surface area contributed by atoms with E-state index in [1.54, 1.807) is 18.2 Å². The maximum atomic E-state index is 10.3. The van der Waals surface area contributed by atoms with Crippen LogP contribution in [-0.4, -0.2) is 5.11 Å². The van der Waals surface area contributed by atoms with Crippen LogP contribution < -0.4 is 0 Å². The molecular weight excluding hydrogens is 210 g/mol. The van der Waals surface area contributed by atoms with Gasteiger partial charge in [0.15, 0.2) is 5.75 Å². The molecule has 0 spiro atoms. The Labute approximate surface area is 82.5 Å². The van der Waals surface area contributed by atoms with Crippen molar-refractivity contribution in [2.45, 2.75) is 0 Å². The number of aromatic hydroxyl groups is 1. The van der Waals surface area contributed by atoms with E-state index in [9.17, 15) is 10.0 Å². The van der Waals surface area contributed by atoms with Gasteiger partial charge >= 0.3 is 0 Å². The van der Waals surface area contributed by atoms with Gasteiger partial charge < -0.3 is 5.11 Å². The Balaban J connectivity index is 2.91. The summed E-state index contributed by atoms with van der Waals surface area (Å²) in [6.07, 6.45) is 0. The Morgan fingerprint density at radius 3 is 2.85 bits per heavy atom.